The summed E-state index contributed by atoms with van der Waals surface area (Å²) in [5.74, 6) is 0.0909. The third-order valence-corrected chi connectivity index (χ3v) is 5.92. The fourth-order valence-corrected chi connectivity index (χ4v) is 4.49. The van der Waals surface area contributed by atoms with E-state index in [1.165, 1.54) is 11.1 Å². The quantitative estimate of drug-likeness (QED) is 0.681. The standard InChI is InChI=1S/C23H34N4O2/c1-6-19-11-8-10-16(3)23(19)27(15-29-7-2)21(28)14-26-13-9-12-20(26)22-17(4)24-25-18(22)5/h8,10-11,20H,6-7,9,12-15H2,1-5H3,(H,24,25)/t20-/m1/s1. The molecular formula is C23H34N4O2. The van der Waals surface area contributed by atoms with Gasteiger partial charge in [0.25, 0.3) is 0 Å². The fourth-order valence-electron chi connectivity index (χ4n) is 4.49. The molecule has 29 heavy (non-hydrogen) atoms. The molecule has 2 aromatic rings. The van der Waals surface area contributed by atoms with Crippen LogP contribution in [0.25, 0.3) is 0 Å². The molecule has 1 amide bonds. The molecule has 0 saturated carbocycles. The van der Waals surface area contributed by atoms with E-state index in [2.05, 4.69) is 54.1 Å². The number of H-pyrrole nitrogens is 1. The molecule has 0 radical (unpaired) electrons. The molecule has 1 N–H and O–H groups in total. The number of nitrogens with one attached hydrogen (secondary N) is 1. The molecule has 1 aliphatic rings. The van der Waals surface area contributed by atoms with Crippen molar-refractivity contribution in [3.63, 3.8) is 0 Å². The predicted molar refractivity (Wildman–Crippen MR) is 116 cm³/mol. The van der Waals surface area contributed by atoms with Crippen LogP contribution < -0.4 is 4.90 Å². The van der Waals surface area contributed by atoms with Gasteiger partial charge in [-0.25, -0.2) is 0 Å². The summed E-state index contributed by atoms with van der Waals surface area (Å²) in [6, 6.07) is 6.47. The minimum Gasteiger partial charge on any atom is -0.361 e. The van der Waals surface area contributed by atoms with Gasteiger partial charge in [-0.3, -0.25) is 19.7 Å². The number of amides is 1. The molecule has 1 fully saturated rings. The molecule has 6 nitrogen and oxygen atoms in total. The Hall–Kier alpha value is -2.18. The topological polar surface area (TPSA) is 61.5 Å². The van der Waals surface area contributed by atoms with E-state index in [1.807, 2.05) is 18.7 Å². The van der Waals surface area contributed by atoms with Crippen molar-refractivity contribution in [2.24, 2.45) is 0 Å². The van der Waals surface area contributed by atoms with Gasteiger partial charge in [0.1, 0.15) is 6.73 Å². The average Bonchev–Trinajstić information content (AvgIpc) is 3.28. The lowest BCUT2D eigenvalue weighted by Crippen LogP contribution is -2.42. The molecule has 0 spiro atoms. The number of rotatable bonds is 8. The highest BCUT2D eigenvalue weighted by atomic mass is 16.5. The summed E-state index contributed by atoms with van der Waals surface area (Å²) in [4.78, 5) is 17.6. The van der Waals surface area contributed by atoms with Gasteiger partial charge in [-0.2, -0.15) is 5.10 Å². The number of likely N-dealkylation sites (tertiary alicyclic amines) is 1. The van der Waals surface area contributed by atoms with Crippen molar-refractivity contribution in [1.82, 2.24) is 15.1 Å². The number of carbonyl (C=O) groups excluding carboxylic acids is 1. The third kappa shape index (κ3) is 4.54. The molecule has 2 heterocycles. The van der Waals surface area contributed by atoms with Crippen LogP contribution >= 0.6 is 0 Å². The van der Waals surface area contributed by atoms with Gasteiger partial charge in [-0.1, -0.05) is 25.1 Å². The summed E-state index contributed by atoms with van der Waals surface area (Å²) < 4.78 is 5.70. The van der Waals surface area contributed by atoms with Gasteiger partial charge in [0.15, 0.2) is 0 Å². The molecule has 1 aliphatic heterocycles. The van der Waals surface area contributed by atoms with E-state index in [0.29, 0.717) is 13.2 Å². The first-order valence-electron chi connectivity index (χ1n) is 10.7. The normalized spacial score (nSPS) is 17.1. The van der Waals surface area contributed by atoms with Crippen LogP contribution in [0.15, 0.2) is 18.2 Å². The zero-order valence-electron chi connectivity index (χ0n) is 18.4. The number of aryl methyl sites for hydroxylation is 4. The maximum absolute atomic E-state index is 13.5. The molecule has 1 aromatic heterocycles. The number of benzene rings is 1. The van der Waals surface area contributed by atoms with Gasteiger partial charge in [-0.05, 0) is 64.6 Å². The molecule has 1 atom stereocenters. The molecule has 1 aromatic carbocycles. The van der Waals surface area contributed by atoms with E-state index in [9.17, 15) is 4.79 Å². The van der Waals surface area contributed by atoms with Gasteiger partial charge in [-0.15, -0.1) is 0 Å². The van der Waals surface area contributed by atoms with E-state index in [-0.39, 0.29) is 18.7 Å². The number of para-hydroxylation sites is 1. The molecule has 0 unspecified atom stereocenters. The number of aromatic amines is 1. The summed E-state index contributed by atoms with van der Waals surface area (Å²) in [5, 5.41) is 7.46. The first-order valence-corrected chi connectivity index (χ1v) is 10.7. The van der Waals surface area contributed by atoms with E-state index < -0.39 is 0 Å². The van der Waals surface area contributed by atoms with Gasteiger partial charge < -0.3 is 4.74 Å². The maximum atomic E-state index is 13.5. The zero-order valence-corrected chi connectivity index (χ0v) is 18.4. The monoisotopic (exact) mass is 398 g/mol. The number of carbonyl (C=O) groups is 1. The van der Waals surface area contributed by atoms with Crippen LogP contribution in [0, 0.1) is 20.8 Å². The summed E-state index contributed by atoms with van der Waals surface area (Å²) in [7, 11) is 0. The number of anilines is 1. The van der Waals surface area contributed by atoms with Crippen LogP contribution in [-0.2, 0) is 16.0 Å². The largest absolute Gasteiger partial charge is 0.361 e. The second kappa shape index (κ2) is 9.55. The van der Waals surface area contributed by atoms with Gasteiger partial charge >= 0.3 is 0 Å². The van der Waals surface area contributed by atoms with Crippen LogP contribution in [0.2, 0.25) is 0 Å². The van der Waals surface area contributed by atoms with Crippen molar-refractivity contribution in [3.8, 4) is 0 Å². The van der Waals surface area contributed by atoms with Crippen LogP contribution in [0.3, 0.4) is 0 Å². The van der Waals surface area contributed by atoms with Crippen LogP contribution in [-0.4, -0.2) is 47.4 Å². The predicted octanol–water partition coefficient (Wildman–Crippen LogP) is 4.06. The summed E-state index contributed by atoms with van der Waals surface area (Å²) in [6.07, 6.45) is 3.04. The Morgan fingerprint density at radius 3 is 2.76 bits per heavy atom. The Balaban J connectivity index is 1.86. The Labute approximate surface area is 174 Å². The van der Waals surface area contributed by atoms with E-state index in [0.717, 1.165) is 48.4 Å². The Morgan fingerprint density at radius 2 is 2.10 bits per heavy atom. The lowest BCUT2D eigenvalue weighted by molar-refractivity contribution is -0.121. The lowest BCUT2D eigenvalue weighted by atomic mass is 10.0. The number of nitrogens with zero attached hydrogens (tertiary/aromatic N) is 3. The highest BCUT2D eigenvalue weighted by Gasteiger charge is 2.32. The minimum absolute atomic E-state index is 0.0909. The molecular weight excluding hydrogens is 364 g/mol. The average molecular weight is 399 g/mol. The number of hydrogen-bond acceptors (Lipinski definition) is 4. The number of ether oxygens (including phenoxy) is 1. The molecule has 6 heteroatoms. The summed E-state index contributed by atoms with van der Waals surface area (Å²) in [5.41, 5.74) is 6.67. The first-order chi connectivity index (χ1) is 14.0. The van der Waals surface area contributed by atoms with E-state index in [4.69, 9.17) is 4.74 Å². The second-order valence-corrected chi connectivity index (χ2v) is 7.86. The zero-order chi connectivity index (χ0) is 21.0. The van der Waals surface area contributed by atoms with Crippen molar-refractivity contribution in [1.29, 1.82) is 0 Å². The minimum atomic E-state index is 0.0909. The maximum Gasteiger partial charge on any atom is 0.243 e. The van der Waals surface area contributed by atoms with E-state index >= 15 is 0 Å². The smallest absolute Gasteiger partial charge is 0.243 e. The third-order valence-electron chi connectivity index (χ3n) is 5.92. The van der Waals surface area contributed by atoms with Gasteiger partial charge in [0, 0.05) is 23.9 Å². The van der Waals surface area contributed by atoms with Gasteiger partial charge in [0.05, 0.1) is 17.9 Å². The van der Waals surface area contributed by atoms with Crippen molar-refractivity contribution < 1.29 is 9.53 Å². The van der Waals surface area contributed by atoms with Crippen molar-refractivity contribution >= 4 is 11.6 Å². The second-order valence-electron chi connectivity index (χ2n) is 7.86. The van der Waals surface area contributed by atoms with Crippen molar-refractivity contribution in [2.45, 2.75) is 59.9 Å². The Bertz CT molecular complexity index is 826. The van der Waals surface area contributed by atoms with Crippen LogP contribution in [0.5, 0.6) is 0 Å². The molecule has 158 valence electrons. The van der Waals surface area contributed by atoms with Crippen molar-refractivity contribution in [3.05, 3.63) is 46.3 Å². The number of aromatic nitrogens is 2. The molecule has 0 aliphatic carbocycles. The molecule has 0 bridgehead atoms. The highest BCUT2D eigenvalue weighted by molar-refractivity contribution is 5.96. The van der Waals surface area contributed by atoms with E-state index in [1.54, 1.807) is 0 Å². The highest BCUT2D eigenvalue weighted by Crippen LogP contribution is 2.35. The van der Waals surface area contributed by atoms with Crippen molar-refractivity contribution in [2.75, 3.05) is 31.3 Å². The first kappa shape index (κ1) is 21.5. The summed E-state index contributed by atoms with van der Waals surface area (Å²) >= 11 is 0. The fraction of sp³-hybridized carbons (Fsp3) is 0.565. The number of hydrogen-bond donors (Lipinski definition) is 1. The summed E-state index contributed by atoms with van der Waals surface area (Å²) in [6.45, 7) is 12.4. The Morgan fingerprint density at radius 1 is 1.31 bits per heavy atom. The van der Waals surface area contributed by atoms with Crippen LogP contribution in [0.4, 0.5) is 5.69 Å². The molecule has 3 rings (SSSR count). The van der Waals surface area contributed by atoms with Crippen LogP contribution in [0.1, 0.15) is 60.8 Å². The van der Waals surface area contributed by atoms with Gasteiger partial charge in [0.2, 0.25) is 5.91 Å². The SMILES string of the molecule is CCOCN(C(=O)CN1CCC[C@@H]1c1c(C)n[nH]c1C)c1c(C)cccc1CC. The Kier molecular flexibility index (Phi) is 7.09. The molecule has 1 saturated heterocycles. The lowest BCUT2D eigenvalue weighted by Gasteiger charge is -2.30.